The van der Waals surface area contributed by atoms with Gasteiger partial charge in [-0.25, -0.2) is 0 Å². The second kappa shape index (κ2) is 14.8. The number of hydrogen-bond donors (Lipinski definition) is 6. The highest BCUT2D eigenvalue weighted by Crippen LogP contribution is 2.75. The highest BCUT2D eigenvalue weighted by Gasteiger charge is 2.71. The van der Waals surface area contributed by atoms with Crippen LogP contribution in [0.25, 0.3) is 0 Å². The maximum atomic E-state index is 14.9. The van der Waals surface area contributed by atoms with E-state index in [1.165, 1.54) is 0 Å². The predicted octanol–water partition coefficient (Wildman–Crippen LogP) is 2.34. The predicted molar refractivity (Wildman–Crippen MR) is 198 cm³/mol. The number of aliphatic carboxylic acids is 1. The Kier molecular flexibility index (Phi) is 11.1. The Hall–Kier alpha value is -2.54. The largest absolute Gasteiger partial charge is 0.481 e. The van der Waals surface area contributed by atoms with Gasteiger partial charge in [-0.05, 0) is 110 Å². The highest BCUT2D eigenvalue weighted by atomic mass is 16.8. The number of fused-ring (bicyclic) bond motifs is 7. The van der Waals surface area contributed by atoms with E-state index in [1.54, 1.807) is 0 Å². The van der Waals surface area contributed by atoms with Gasteiger partial charge < -0.3 is 59.1 Å². The number of rotatable bonds is 9. The third-order valence-electron chi connectivity index (χ3n) is 17.0. The summed E-state index contributed by atoms with van der Waals surface area (Å²) >= 11 is 0. The summed E-state index contributed by atoms with van der Waals surface area (Å²) in [6.45, 7) is 15.1. The number of carbonyl (C=O) groups is 4. The maximum Gasteiger partial charge on any atom is 0.309 e. The van der Waals surface area contributed by atoms with E-state index < -0.39 is 95.5 Å². The van der Waals surface area contributed by atoms with Crippen LogP contribution in [0.15, 0.2) is 11.6 Å². The third-order valence-corrected chi connectivity index (χ3v) is 17.0. The van der Waals surface area contributed by atoms with Crippen molar-refractivity contribution in [3.63, 3.8) is 0 Å². The van der Waals surface area contributed by atoms with E-state index in [1.807, 2.05) is 13.0 Å². The lowest BCUT2D eigenvalue weighted by atomic mass is 9.33. The van der Waals surface area contributed by atoms with E-state index in [0.29, 0.717) is 25.7 Å². The van der Waals surface area contributed by atoms with Crippen molar-refractivity contribution in [2.75, 3.05) is 0 Å². The van der Waals surface area contributed by atoms with Crippen molar-refractivity contribution in [3.05, 3.63) is 11.6 Å². The average Bonchev–Trinajstić information content (AvgIpc) is 3.15. The second-order valence-corrected chi connectivity index (χ2v) is 20.3. The first-order valence-corrected chi connectivity index (χ1v) is 20.7. The molecule has 19 atom stereocenters. The molecule has 0 aromatic heterocycles. The van der Waals surface area contributed by atoms with Gasteiger partial charge in [0.2, 0.25) is 12.6 Å². The van der Waals surface area contributed by atoms with Crippen molar-refractivity contribution in [2.24, 2.45) is 50.2 Å². The van der Waals surface area contributed by atoms with Gasteiger partial charge in [0.05, 0.1) is 11.5 Å². The molecule has 7 rings (SSSR count). The fraction of sp³-hybridized carbons (Fsp3) is 0.857. The minimum Gasteiger partial charge on any atom is -0.481 e. The zero-order chi connectivity index (χ0) is 42.5. The second-order valence-electron chi connectivity index (χ2n) is 20.3. The first-order valence-electron chi connectivity index (χ1n) is 20.7. The Balaban J connectivity index is 1.17. The van der Waals surface area contributed by atoms with Crippen LogP contribution in [0.5, 0.6) is 0 Å². The molecule has 0 amide bonds. The SMILES string of the molecule is CC1(C)[C@@H](O[C@H]2OC(OC=O)[C@@H](O)[C@H](O)C2O[C@H]2O[C@@H](OC=O)[C@@H](O)C(O)C2O)CC[C@]2(C)[C@H]3C(=O)C=C4[C@@H]5C[C@@](C)(C(=O)O)CC[C@]5(C)CC[C@@]4(C)[C@]3(C)CC[C@@H]12. The van der Waals surface area contributed by atoms with E-state index in [-0.39, 0.29) is 47.3 Å². The lowest BCUT2D eigenvalue weighted by Gasteiger charge is -2.70. The minimum atomic E-state index is -1.90. The van der Waals surface area contributed by atoms with Crippen LogP contribution in [0.3, 0.4) is 0 Å². The number of aliphatic hydroxyl groups excluding tert-OH is 5. The first kappa shape index (κ1) is 43.5. The van der Waals surface area contributed by atoms with E-state index in [4.69, 9.17) is 28.4 Å². The Morgan fingerprint density at radius 2 is 1.31 bits per heavy atom. The fourth-order valence-electron chi connectivity index (χ4n) is 13.2. The zero-order valence-electron chi connectivity index (χ0n) is 34.4. The van der Waals surface area contributed by atoms with Gasteiger partial charge in [0, 0.05) is 5.92 Å². The van der Waals surface area contributed by atoms with Crippen molar-refractivity contribution in [1.29, 1.82) is 0 Å². The van der Waals surface area contributed by atoms with Crippen molar-refractivity contribution >= 4 is 24.7 Å². The van der Waals surface area contributed by atoms with Gasteiger partial charge >= 0.3 is 5.97 Å². The molecule has 326 valence electrons. The molecule has 7 aliphatic rings. The quantitative estimate of drug-likeness (QED) is 0.144. The smallest absolute Gasteiger partial charge is 0.309 e. The number of carbonyl (C=O) groups excluding carboxylic acids is 3. The standard InChI is InChI=1S/C42H62O16/c1-37(2)23-8-11-42(7)31(22(45)16-20-21-17-39(4,36(51)52)13-12-38(21,3)14-15-41(20,42)6)40(23,5)10-9-24(37)55-35-30(26(47)29(50)33(58-35)54-19-44)56-34-28(49)25(46)27(48)32(57-34)53-18-43/h16,18-19,21,23-35,46-50H,8-15,17H2,1-7H3,(H,51,52)/t21-,23-,24-,25?,26-,27-,28?,29-,30?,31+,32+,33?,34-,35-,38+,39-,40-,41+,42+/m0/s1. The molecule has 2 saturated heterocycles. The fourth-order valence-corrected chi connectivity index (χ4v) is 13.2. The summed E-state index contributed by atoms with van der Waals surface area (Å²) in [5.74, 6) is -1.05. The Labute approximate surface area is 338 Å². The minimum absolute atomic E-state index is 0.00244. The van der Waals surface area contributed by atoms with Gasteiger partial charge in [0.25, 0.3) is 12.9 Å². The molecule has 58 heavy (non-hydrogen) atoms. The van der Waals surface area contributed by atoms with Crippen LogP contribution in [-0.2, 0) is 47.6 Å². The Morgan fingerprint density at radius 3 is 1.93 bits per heavy atom. The maximum absolute atomic E-state index is 14.9. The molecular formula is C42H62O16. The van der Waals surface area contributed by atoms with Gasteiger partial charge in [0.1, 0.15) is 36.6 Å². The average molecular weight is 823 g/mol. The summed E-state index contributed by atoms with van der Waals surface area (Å²) in [7, 11) is 0. The molecule has 4 saturated carbocycles. The molecule has 16 heteroatoms. The molecule has 2 aliphatic heterocycles. The molecule has 5 aliphatic carbocycles. The number of carboxylic acid groups (broad SMARTS) is 1. The number of allylic oxidation sites excluding steroid dienone is 2. The van der Waals surface area contributed by atoms with Gasteiger partial charge in [0.15, 0.2) is 18.4 Å². The molecule has 0 radical (unpaired) electrons. The van der Waals surface area contributed by atoms with Crippen LogP contribution in [0.1, 0.15) is 106 Å². The number of carboxylic acids is 1. The van der Waals surface area contributed by atoms with Gasteiger partial charge in [-0.2, -0.15) is 0 Å². The first-order chi connectivity index (χ1) is 27.0. The molecule has 6 fully saturated rings. The van der Waals surface area contributed by atoms with Crippen LogP contribution in [0.4, 0.5) is 0 Å². The van der Waals surface area contributed by atoms with Crippen molar-refractivity contribution in [2.45, 2.75) is 174 Å². The van der Waals surface area contributed by atoms with E-state index >= 15 is 0 Å². The summed E-state index contributed by atoms with van der Waals surface area (Å²) in [6, 6.07) is 0. The molecule has 0 aromatic rings. The molecule has 0 aromatic carbocycles. The molecule has 16 nitrogen and oxygen atoms in total. The zero-order valence-corrected chi connectivity index (χ0v) is 34.4. The van der Waals surface area contributed by atoms with Crippen LogP contribution < -0.4 is 0 Å². The summed E-state index contributed by atoms with van der Waals surface area (Å²) < 4.78 is 33.5. The summed E-state index contributed by atoms with van der Waals surface area (Å²) in [5, 5.41) is 63.9. The van der Waals surface area contributed by atoms with Crippen LogP contribution in [0, 0.1) is 50.2 Å². The van der Waals surface area contributed by atoms with Crippen molar-refractivity contribution in [1.82, 2.24) is 0 Å². The summed E-state index contributed by atoms with van der Waals surface area (Å²) in [5.41, 5.74) is -1.59. The third kappa shape index (κ3) is 6.41. The molecule has 2 heterocycles. The van der Waals surface area contributed by atoms with Gasteiger partial charge in [-0.3, -0.25) is 19.2 Å². The normalized spacial score (nSPS) is 52.4. The van der Waals surface area contributed by atoms with Crippen LogP contribution >= 0.6 is 0 Å². The lowest BCUT2D eigenvalue weighted by molar-refractivity contribution is -0.404. The van der Waals surface area contributed by atoms with Crippen molar-refractivity contribution in [3.8, 4) is 0 Å². The van der Waals surface area contributed by atoms with Crippen LogP contribution in [-0.4, -0.2) is 123 Å². The van der Waals surface area contributed by atoms with Crippen molar-refractivity contribution < 1.29 is 78.2 Å². The number of ketones is 1. The molecule has 0 bridgehead atoms. The Morgan fingerprint density at radius 1 is 0.724 bits per heavy atom. The summed E-state index contributed by atoms with van der Waals surface area (Å²) in [6.07, 6.45) is -10.0. The highest BCUT2D eigenvalue weighted by molar-refractivity contribution is 5.95. The topological polar surface area (TPSA) is 245 Å². The summed E-state index contributed by atoms with van der Waals surface area (Å²) in [4.78, 5) is 49.8. The van der Waals surface area contributed by atoms with E-state index in [2.05, 4.69) is 41.5 Å². The Bertz CT molecular complexity index is 1670. The molecule has 6 N–H and O–H groups in total. The van der Waals surface area contributed by atoms with E-state index in [9.17, 15) is 49.8 Å². The van der Waals surface area contributed by atoms with E-state index in [0.717, 1.165) is 37.7 Å². The number of aliphatic hydroxyl groups is 5. The number of hydrogen-bond acceptors (Lipinski definition) is 15. The van der Waals surface area contributed by atoms with Gasteiger partial charge in [-0.15, -0.1) is 0 Å². The van der Waals surface area contributed by atoms with Gasteiger partial charge in [-0.1, -0.05) is 47.1 Å². The van der Waals surface area contributed by atoms with Crippen LogP contribution in [0.2, 0.25) is 0 Å². The number of ether oxygens (including phenoxy) is 6. The molecule has 4 unspecified atom stereocenters. The molecular weight excluding hydrogens is 760 g/mol. The molecule has 0 spiro atoms. The monoisotopic (exact) mass is 822 g/mol. The lowest BCUT2D eigenvalue weighted by Crippen LogP contribution is -2.68.